The Bertz CT molecular complexity index is 2950. The molecule has 5 atom stereocenters. The van der Waals surface area contributed by atoms with Gasteiger partial charge in [-0.25, -0.2) is 9.97 Å². The Hall–Kier alpha value is -6.54. The number of β-amino-alcohol motifs (C(OH)–C–C–N with tert-alkyl or cyclic N) is 1. The number of thiophene rings is 1. The van der Waals surface area contributed by atoms with Crippen LogP contribution in [0, 0.1) is 33.1 Å². The van der Waals surface area contributed by atoms with Gasteiger partial charge < -0.3 is 35.4 Å². The third kappa shape index (κ3) is 11.5. The number of halogens is 1. The number of carbonyl (C=O) groups excluding carboxylic acids is 4. The van der Waals surface area contributed by atoms with Gasteiger partial charge in [-0.2, -0.15) is 0 Å². The molecular weight excluding hydrogens is 964 g/mol. The summed E-state index contributed by atoms with van der Waals surface area (Å²) in [5.41, 5.74) is 7.64. The number of aliphatic hydroxyl groups is 1. The maximum atomic E-state index is 14.2. The Balaban J connectivity index is 0.815. The molecule has 2 aromatic carbocycles. The number of nitrogens with one attached hydrogen (secondary N) is 3. The van der Waals surface area contributed by atoms with E-state index in [-0.39, 0.29) is 56.1 Å². The fraction of sp³-hybridized carbons (Fsp3) is 0.392. The van der Waals surface area contributed by atoms with Gasteiger partial charge in [0.25, 0.3) is 5.91 Å². The van der Waals surface area contributed by atoms with Gasteiger partial charge in [-0.05, 0) is 74.9 Å². The maximum absolute atomic E-state index is 14.2. The molecule has 20 heteroatoms. The molecule has 1 saturated heterocycles. The number of aliphatic imine (C=N–C) groups is 1. The molecule has 6 heterocycles. The quantitative estimate of drug-likeness (QED) is 0.0727. The first-order valence-corrected chi connectivity index (χ1v) is 25.4. The average Bonchev–Trinajstić information content (AvgIpc) is 4.11. The van der Waals surface area contributed by atoms with E-state index < -0.39 is 54.0 Å². The van der Waals surface area contributed by atoms with E-state index in [2.05, 4.69) is 50.0 Å². The van der Waals surface area contributed by atoms with Gasteiger partial charge in [-0.15, -0.1) is 32.9 Å². The SMILES string of the molecule is Cc1ncsc1-c1ccc([C@H](C)NC(=O)[C@@H]2C[C@@H](O)CN2C(=O)[C@@H](NC(=O)COc2ccc(OCCNC(=O)CC3N=C(c4ccc(Cl)cc4)c4c(sc(C)c4C)-n4c(C)nnc43)nc2)C(C)(C)C)cc1. The highest BCUT2D eigenvalue weighted by molar-refractivity contribution is 7.15. The number of rotatable bonds is 16. The molecule has 4 N–H and O–H groups in total. The van der Waals surface area contributed by atoms with E-state index in [1.54, 1.807) is 34.8 Å². The molecule has 2 aliphatic heterocycles. The lowest BCUT2D eigenvalue weighted by Gasteiger charge is -2.35. The first kappa shape index (κ1) is 50.8. The molecule has 8 rings (SSSR count). The van der Waals surface area contributed by atoms with Gasteiger partial charge in [-0.3, -0.25) is 28.7 Å². The third-order valence-electron chi connectivity index (χ3n) is 12.5. The number of fused-ring (bicyclic) bond motifs is 3. The predicted molar refractivity (Wildman–Crippen MR) is 272 cm³/mol. The maximum Gasteiger partial charge on any atom is 0.258 e. The van der Waals surface area contributed by atoms with Crippen LogP contribution < -0.4 is 25.4 Å². The Labute approximate surface area is 425 Å². The molecule has 71 heavy (non-hydrogen) atoms. The number of aromatic nitrogens is 5. The molecule has 0 bridgehead atoms. The minimum atomic E-state index is -1.03. The fourth-order valence-electron chi connectivity index (χ4n) is 8.63. The minimum absolute atomic E-state index is 0.0225. The number of nitrogens with zero attached hydrogens (tertiary/aromatic N) is 7. The summed E-state index contributed by atoms with van der Waals surface area (Å²) in [4.78, 5) is 72.0. The van der Waals surface area contributed by atoms with E-state index in [9.17, 15) is 24.3 Å². The molecule has 2 aliphatic rings. The van der Waals surface area contributed by atoms with Crippen LogP contribution in [0.1, 0.15) is 97.1 Å². The number of ether oxygens (including phenoxy) is 2. The smallest absolute Gasteiger partial charge is 0.258 e. The van der Waals surface area contributed by atoms with Gasteiger partial charge in [0.05, 0.1) is 53.1 Å². The van der Waals surface area contributed by atoms with E-state index in [0.717, 1.165) is 54.0 Å². The van der Waals surface area contributed by atoms with Crippen LogP contribution >= 0.6 is 34.3 Å². The number of thiazole rings is 1. The van der Waals surface area contributed by atoms with Gasteiger partial charge in [0.2, 0.25) is 23.6 Å². The van der Waals surface area contributed by atoms with Crippen molar-refractivity contribution in [3.63, 3.8) is 0 Å². The summed E-state index contributed by atoms with van der Waals surface area (Å²) in [6.45, 7) is 15.1. The molecule has 1 fully saturated rings. The van der Waals surface area contributed by atoms with E-state index in [0.29, 0.717) is 16.7 Å². The van der Waals surface area contributed by atoms with Crippen molar-refractivity contribution < 1.29 is 33.8 Å². The number of amides is 4. The molecule has 0 spiro atoms. The molecule has 0 aliphatic carbocycles. The van der Waals surface area contributed by atoms with Crippen LogP contribution in [0.15, 0.2) is 77.4 Å². The molecule has 1 unspecified atom stereocenters. The summed E-state index contributed by atoms with van der Waals surface area (Å²) in [7, 11) is 0. The van der Waals surface area contributed by atoms with Gasteiger partial charge in [0.1, 0.15) is 41.3 Å². The lowest BCUT2D eigenvalue weighted by Crippen LogP contribution is -2.58. The topological polar surface area (TPSA) is 215 Å². The Morgan fingerprint density at radius 2 is 1.65 bits per heavy atom. The second-order valence-corrected chi connectivity index (χ2v) is 21.3. The van der Waals surface area contributed by atoms with Crippen LogP contribution in [0.3, 0.4) is 0 Å². The van der Waals surface area contributed by atoms with E-state index >= 15 is 0 Å². The van der Waals surface area contributed by atoms with Crippen molar-refractivity contribution in [3.05, 3.63) is 122 Å². The zero-order valence-corrected chi connectivity index (χ0v) is 43.2. The van der Waals surface area contributed by atoms with Crippen molar-refractivity contribution in [1.29, 1.82) is 0 Å². The lowest BCUT2D eigenvalue weighted by molar-refractivity contribution is -0.144. The normalized spacial score (nSPS) is 17.3. The standard InChI is InChI=1S/C51H57ClN10O7S2/c1-27-30(4)71-50-43(27)44(33-13-15-35(52)16-14-33)57-38(47-60-59-31(5)62(47)50)22-40(64)53-19-20-68-42-18-17-37(23-54-42)69-25-41(65)58-46(51(6,7)8)49(67)61-24-36(63)21-39(61)48(66)56-28(2)32-9-11-34(12-10-32)45-29(3)55-26-70-45/h9-18,23,26,28,36,38-39,46,63H,19-22,24-25H2,1-8H3,(H,53,64)(H,56,66)(H,58,65)/t28-,36+,38?,39-,46+/m0/s1. The summed E-state index contributed by atoms with van der Waals surface area (Å²) >= 11 is 9.45. The van der Waals surface area contributed by atoms with E-state index in [1.807, 2.05) is 100 Å². The summed E-state index contributed by atoms with van der Waals surface area (Å²) in [5, 5.41) is 29.8. The van der Waals surface area contributed by atoms with Crippen molar-refractivity contribution >= 4 is 63.6 Å². The summed E-state index contributed by atoms with van der Waals surface area (Å²) in [6.07, 6.45) is 0.580. The third-order valence-corrected chi connectivity index (χ3v) is 15.0. The number of likely N-dealkylation sites (tertiary alicyclic amines) is 1. The largest absolute Gasteiger partial charge is 0.482 e. The van der Waals surface area contributed by atoms with Crippen LogP contribution in [0.2, 0.25) is 5.02 Å². The predicted octanol–water partition coefficient (Wildman–Crippen LogP) is 6.96. The molecule has 0 saturated carbocycles. The van der Waals surface area contributed by atoms with Gasteiger partial charge in [0.15, 0.2) is 12.4 Å². The Kier molecular flexibility index (Phi) is 15.4. The summed E-state index contributed by atoms with van der Waals surface area (Å²) in [6, 6.07) is 15.6. The first-order valence-electron chi connectivity index (χ1n) is 23.3. The van der Waals surface area contributed by atoms with Crippen molar-refractivity contribution in [2.45, 2.75) is 98.5 Å². The monoisotopic (exact) mass is 1020 g/mol. The second kappa shape index (κ2) is 21.4. The number of hydrogen-bond acceptors (Lipinski definition) is 14. The van der Waals surface area contributed by atoms with Gasteiger partial charge in [0, 0.05) is 40.1 Å². The molecular formula is C51H57ClN10O7S2. The highest BCUT2D eigenvalue weighted by Crippen LogP contribution is 2.40. The Morgan fingerprint density at radius 1 is 0.915 bits per heavy atom. The summed E-state index contributed by atoms with van der Waals surface area (Å²) in [5.74, 6) is 0.148. The second-order valence-electron chi connectivity index (χ2n) is 18.8. The Morgan fingerprint density at radius 3 is 2.32 bits per heavy atom. The van der Waals surface area contributed by atoms with Crippen LogP contribution in [0.25, 0.3) is 15.4 Å². The molecule has 17 nitrogen and oxygen atoms in total. The van der Waals surface area contributed by atoms with Crippen molar-refractivity contribution in [1.82, 2.24) is 45.6 Å². The number of carbonyl (C=O) groups is 4. The number of pyridine rings is 1. The highest BCUT2D eigenvalue weighted by Gasteiger charge is 2.45. The van der Waals surface area contributed by atoms with Gasteiger partial charge in [-0.1, -0.05) is 68.8 Å². The number of aryl methyl sites for hydroxylation is 3. The van der Waals surface area contributed by atoms with Crippen LogP contribution in [0.5, 0.6) is 11.6 Å². The van der Waals surface area contributed by atoms with Gasteiger partial charge >= 0.3 is 0 Å². The zero-order chi connectivity index (χ0) is 50.7. The van der Waals surface area contributed by atoms with E-state index in [1.165, 1.54) is 11.1 Å². The van der Waals surface area contributed by atoms with Crippen molar-refractivity contribution in [2.24, 2.45) is 10.4 Å². The molecule has 0 radical (unpaired) electrons. The molecule has 372 valence electrons. The lowest BCUT2D eigenvalue weighted by atomic mass is 9.85. The average molecular weight is 1020 g/mol. The van der Waals surface area contributed by atoms with E-state index in [4.69, 9.17) is 26.1 Å². The zero-order valence-electron chi connectivity index (χ0n) is 40.8. The number of hydrogen-bond donors (Lipinski definition) is 4. The first-order chi connectivity index (χ1) is 33.9. The van der Waals surface area contributed by atoms with Crippen LogP contribution in [-0.4, -0.2) is 109 Å². The van der Waals surface area contributed by atoms with Crippen molar-refractivity contribution in [3.8, 4) is 27.1 Å². The number of benzene rings is 2. The molecule has 4 amide bonds. The molecule has 4 aromatic heterocycles. The fourth-order valence-corrected chi connectivity index (χ4v) is 10.8. The van der Waals surface area contributed by atoms with Crippen LogP contribution in [0.4, 0.5) is 0 Å². The minimum Gasteiger partial charge on any atom is -0.482 e. The highest BCUT2D eigenvalue weighted by atomic mass is 35.5. The van der Waals surface area contributed by atoms with Crippen LogP contribution in [-0.2, 0) is 19.2 Å². The summed E-state index contributed by atoms with van der Waals surface area (Å²) < 4.78 is 13.5. The molecule has 6 aromatic rings. The van der Waals surface area contributed by atoms with Crippen molar-refractivity contribution in [2.75, 3.05) is 26.3 Å². The number of aliphatic hydroxyl groups excluding tert-OH is 1.